The second-order valence-corrected chi connectivity index (χ2v) is 18.6. The Morgan fingerprint density at radius 2 is 1.77 bits per heavy atom. The van der Waals surface area contributed by atoms with Crippen LogP contribution in [0.1, 0.15) is 99.2 Å². The molecule has 0 radical (unpaired) electrons. The number of unbranched alkanes of at least 4 members (excludes halogenated alkanes) is 2. The van der Waals surface area contributed by atoms with E-state index in [2.05, 4.69) is 30.1 Å². The van der Waals surface area contributed by atoms with Crippen molar-refractivity contribution >= 4 is 45.9 Å². The largest absolute Gasteiger partial charge is 0.586 e. The zero-order valence-corrected chi connectivity index (χ0v) is 37.6. The van der Waals surface area contributed by atoms with E-state index in [1.807, 2.05) is 58.0 Å². The number of carbonyl (C=O) groups is 4. The molecule has 2 aliphatic rings. The lowest BCUT2D eigenvalue weighted by Gasteiger charge is -2.31. The zero-order chi connectivity index (χ0) is 46.6. The second-order valence-electron chi connectivity index (χ2n) is 17.8. The minimum Gasteiger partial charge on any atom is -0.505 e. The molecule has 5 aromatic rings. The van der Waals surface area contributed by atoms with Gasteiger partial charge in [-0.15, -0.1) is 20.1 Å². The Morgan fingerprint density at radius 1 is 1.02 bits per heavy atom. The molecule has 14 nitrogen and oxygen atoms in total. The van der Waals surface area contributed by atoms with Crippen LogP contribution in [0.15, 0.2) is 72.4 Å². The maximum absolute atomic E-state index is 13.9. The number of thiazole rings is 1. The highest BCUT2D eigenvalue weighted by Gasteiger charge is 2.44. The van der Waals surface area contributed by atoms with Gasteiger partial charge in [0.15, 0.2) is 11.5 Å². The molecule has 0 bridgehead atoms. The van der Waals surface area contributed by atoms with Crippen molar-refractivity contribution in [2.24, 2.45) is 17.1 Å². The number of likely N-dealkylation sites (tertiary alicyclic amines) is 1. The van der Waals surface area contributed by atoms with Crippen LogP contribution in [0.2, 0.25) is 0 Å². The first-order valence-corrected chi connectivity index (χ1v) is 22.6. The number of β-amino-alcohol motifs (C(OH)–C–C–N with tert-alkyl or cyclic N) is 1. The van der Waals surface area contributed by atoms with Crippen LogP contribution in [0, 0.1) is 25.2 Å². The quantitative estimate of drug-likeness (QED) is 0.0553. The van der Waals surface area contributed by atoms with Crippen molar-refractivity contribution < 1.29 is 47.6 Å². The van der Waals surface area contributed by atoms with E-state index in [-0.39, 0.29) is 67.3 Å². The van der Waals surface area contributed by atoms with Gasteiger partial charge < -0.3 is 41.0 Å². The highest BCUT2D eigenvalue weighted by Crippen LogP contribution is 2.44. The van der Waals surface area contributed by atoms with E-state index in [0.29, 0.717) is 54.1 Å². The first kappa shape index (κ1) is 46.8. The van der Waals surface area contributed by atoms with Gasteiger partial charge in [0.2, 0.25) is 23.6 Å². The van der Waals surface area contributed by atoms with E-state index < -0.39 is 41.7 Å². The number of pyridine rings is 1. The number of aromatic hydroxyl groups is 1. The number of nitrogens with two attached hydrogens (primary N) is 1. The molecule has 65 heavy (non-hydrogen) atoms. The van der Waals surface area contributed by atoms with E-state index in [9.17, 15) is 38.2 Å². The summed E-state index contributed by atoms with van der Waals surface area (Å²) >= 11 is 1.56. The highest BCUT2D eigenvalue weighted by atomic mass is 32.1. The first-order valence-electron chi connectivity index (χ1n) is 21.7. The highest BCUT2D eigenvalue weighted by molar-refractivity contribution is 7.13. The van der Waals surface area contributed by atoms with E-state index in [4.69, 9.17) is 5.73 Å². The number of aryl methyl sites for hydroxylation is 2. The third-order valence-electron chi connectivity index (χ3n) is 12.1. The Morgan fingerprint density at radius 3 is 2.49 bits per heavy atom. The van der Waals surface area contributed by atoms with Crippen LogP contribution >= 0.6 is 11.3 Å². The fraction of sp³-hybridized carbons (Fsp3) is 0.417. The molecule has 6 N–H and O–H groups in total. The molecule has 7 rings (SSSR count). The van der Waals surface area contributed by atoms with Gasteiger partial charge in [-0.05, 0) is 85.0 Å². The van der Waals surface area contributed by atoms with Gasteiger partial charge >= 0.3 is 6.29 Å². The van der Waals surface area contributed by atoms with Gasteiger partial charge in [0.1, 0.15) is 17.3 Å². The van der Waals surface area contributed by atoms with E-state index in [1.54, 1.807) is 29.0 Å². The van der Waals surface area contributed by atoms with Crippen LogP contribution in [0.25, 0.3) is 21.3 Å². The van der Waals surface area contributed by atoms with Crippen molar-refractivity contribution in [3.63, 3.8) is 0 Å². The molecule has 4 heterocycles. The van der Waals surface area contributed by atoms with Crippen molar-refractivity contribution in [1.29, 1.82) is 0 Å². The van der Waals surface area contributed by atoms with Crippen LogP contribution < -0.4 is 25.8 Å². The molecule has 4 atom stereocenters. The molecule has 0 saturated carbocycles. The summed E-state index contributed by atoms with van der Waals surface area (Å²) in [6, 6.07) is 15.5. The number of carbonyl (C=O) groups excluding carboxylic acids is 4. The number of ether oxygens (including phenoxy) is 2. The lowest BCUT2D eigenvalue weighted by Crippen LogP contribution is -2.46. The molecule has 4 amide bonds. The van der Waals surface area contributed by atoms with Crippen LogP contribution in [-0.4, -0.2) is 73.7 Å². The fourth-order valence-corrected chi connectivity index (χ4v) is 9.62. The van der Waals surface area contributed by atoms with E-state index in [1.165, 1.54) is 29.3 Å². The lowest BCUT2D eigenvalue weighted by molar-refractivity contribution is -0.286. The number of amides is 4. The molecular weight excluding hydrogens is 859 g/mol. The van der Waals surface area contributed by atoms with Gasteiger partial charge in [-0.2, -0.15) is 0 Å². The number of benzene rings is 3. The number of aliphatic hydroxyl groups is 1. The van der Waals surface area contributed by atoms with Crippen molar-refractivity contribution in [2.45, 2.75) is 110 Å². The summed E-state index contributed by atoms with van der Waals surface area (Å²) in [5.41, 5.74) is 11.7. The number of phenols is 1. The molecule has 2 aliphatic heterocycles. The minimum absolute atomic E-state index is 0.0271. The van der Waals surface area contributed by atoms with Crippen molar-refractivity contribution in [3.05, 3.63) is 100 Å². The lowest BCUT2D eigenvalue weighted by atomic mass is 9.77. The molecule has 0 spiro atoms. The Kier molecular flexibility index (Phi) is 14.0. The SMILES string of the molecule is Cc1ncsc1-c1ccc(CNC(=O)[C@H]2C[C@H](O)CN2C(=O)CC(C)(C)CC(CCCCCC(=O)NC(c2ccc3c(c2)OC(F)(F)O3)c2cc(C)c3cccnc3c2O)C(N)=O)cc1. The number of fused-ring (bicyclic) bond motifs is 2. The number of hydrogen-bond donors (Lipinski definition) is 5. The molecule has 1 saturated heterocycles. The summed E-state index contributed by atoms with van der Waals surface area (Å²) in [4.78, 5) is 64.5. The van der Waals surface area contributed by atoms with Crippen LogP contribution in [0.5, 0.6) is 17.2 Å². The van der Waals surface area contributed by atoms with Crippen LogP contribution in [0.3, 0.4) is 0 Å². The zero-order valence-electron chi connectivity index (χ0n) is 36.7. The molecule has 2 unspecified atom stereocenters. The summed E-state index contributed by atoms with van der Waals surface area (Å²) in [5, 5.41) is 28.5. The maximum Gasteiger partial charge on any atom is 0.586 e. The number of rotatable bonds is 18. The molecule has 3 aromatic carbocycles. The van der Waals surface area contributed by atoms with Gasteiger partial charge in [0.05, 0.1) is 28.2 Å². The topological polar surface area (TPSA) is 206 Å². The number of nitrogens with zero attached hydrogens (tertiary/aromatic N) is 3. The van der Waals surface area contributed by atoms with Gasteiger partial charge in [0.25, 0.3) is 0 Å². The number of aromatic nitrogens is 2. The Labute approximate surface area is 379 Å². The van der Waals surface area contributed by atoms with Crippen molar-refractivity contribution in [2.75, 3.05) is 6.54 Å². The second kappa shape index (κ2) is 19.5. The number of phenolic OH excluding ortho intramolecular Hbond substituents is 1. The molecule has 344 valence electrons. The monoisotopic (exact) mass is 912 g/mol. The van der Waals surface area contributed by atoms with Crippen LogP contribution in [0.4, 0.5) is 8.78 Å². The van der Waals surface area contributed by atoms with Crippen LogP contribution in [-0.2, 0) is 25.7 Å². The van der Waals surface area contributed by atoms with Crippen molar-refractivity contribution in [1.82, 2.24) is 25.5 Å². The smallest absolute Gasteiger partial charge is 0.505 e. The molecule has 0 aliphatic carbocycles. The summed E-state index contributed by atoms with van der Waals surface area (Å²) in [7, 11) is 0. The van der Waals surface area contributed by atoms with Gasteiger partial charge in [0, 0.05) is 55.4 Å². The maximum atomic E-state index is 13.9. The minimum atomic E-state index is -3.84. The first-order chi connectivity index (χ1) is 30.9. The average molecular weight is 913 g/mol. The number of alkyl halides is 2. The Hall–Kier alpha value is -6.20. The number of hydrogen-bond acceptors (Lipinski definition) is 11. The third-order valence-corrected chi connectivity index (χ3v) is 13.1. The number of primary amides is 1. The van der Waals surface area contributed by atoms with E-state index >= 15 is 0 Å². The number of halogens is 2. The number of aliphatic hydroxyl groups excluding tert-OH is 1. The summed E-state index contributed by atoms with van der Waals surface area (Å²) in [6.07, 6.45) is -0.600. The van der Waals surface area contributed by atoms with Gasteiger partial charge in [-0.3, -0.25) is 24.2 Å². The third kappa shape index (κ3) is 11.2. The average Bonchev–Trinajstić information content (AvgIpc) is 3.97. The van der Waals surface area contributed by atoms with E-state index in [0.717, 1.165) is 27.3 Å². The normalized spacial score (nSPS) is 17.5. The molecule has 1 fully saturated rings. The molecular formula is C48H54F2N6O8S. The summed E-state index contributed by atoms with van der Waals surface area (Å²) in [6.45, 7) is 7.82. The Bertz CT molecular complexity index is 2570. The number of nitrogens with one attached hydrogen (secondary N) is 2. The molecule has 2 aromatic heterocycles. The molecule has 17 heteroatoms. The van der Waals surface area contributed by atoms with Gasteiger partial charge in [-0.1, -0.05) is 63.1 Å². The fourth-order valence-electron chi connectivity index (χ4n) is 8.81. The predicted octanol–water partition coefficient (Wildman–Crippen LogP) is 7.34. The summed E-state index contributed by atoms with van der Waals surface area (Å²) < 4.78 is 37.1. The Balaban J connectivity index is 0.909. The van der Waals surface area contributed by atoms with Gasteiger partial charge in [-0.25, -0.2) is 4.98 Å². The standard InChI is InChI=1S/C48H54F2N6O8S/c1-27-19-35(43(60)42-34(27)10-8-18-52-42)41(31-16-17-37-38(20-31)64-48(49,50)63-37)55-39(58)11-7-5-6-9-32(45(51)61)22-47(3,4)23-40(59)56-25-33(57)21-36(56)46(62)53-24-29-12-14-30(15-13-29)44-28(2)54-26-65-44/h8,10,12-20,26,32-33,36,41,57,60H,5-7,9,11,21-25H2,1-4H3,(H2,51,61)(H,53,62)(H,55,58)/t32?,33-,36+,41?/m0/s1. The van der Waals surface area contributed by atoms with Crippen molar-refractivity contribution in [3.8, 4) is 27.7 Å². The summed E-state index contributed by atoms with van der Waals surface area (Å²) in [5.74, 6) is -2.62. The predicted molar refractivity (Wildman–Crippen MR) is 240 cm³/mol.